The van der Waals surface area contributed by atoms with Crippen LogP contribution in [0, 0.1) is 5.92 Å². The first-order valence-electron chi connectivity index (χ1n) is 5.59. The van der Waals surface area contributed by atoms with Gasteiger partial charge in [0.1, 0.15) is 0 Å². The molecule has 0 spiro atoms. The molecule has 2 rings (SSSR count). The fourth-order valence-corrected chi connectivity index (χ4v) is 1.34. The monoisotopic (exact) mass is 264 g/mol. The lowest BCUT2D eigenvalue weighted by molar-refractivity contribution is -0.140. The van der Waals surface area contributed by atoms with Crippen LogP contribution in [0.4, 0.5) is 0 Å². The van der Waals surface area contributed by atoms with E-state index < -0.39 is 17.8 Å². The SMILES string of the molecule is CC(CNC(=O)c1cc(-c2ccco2)on1)C(=O)O. The van der Waals surface area contributed by atoms with E-state index in [0.717, 1.165) is 0 Å². The smallest absolute Gasteiger partial charge is 0.308 e. The molecule has 0 saturated carbocycles. The van der Waals surface area contributed by atoms with Gasteiger partial charge in [-0.2, -0.15) is 0 Å². The molecule has 0 aliphatic heterocycles. The van der Waals surface area contributed by atoms with Crippen molar-refractivity contribution in [1.29, 1.82) is 0 Å². The number of aromatic nitrogens is 1. The zero-order valence-corrected chi connectivity index (χ0v) is 10.1. The zero-order valence-electron chi connectivity index (χ0n) is 10.1. The van der Waals surface area contributed by atoms with E-state index in [0.29, 0.717) is 11.5 Å². The first-order valence-corrected chi connectivity index (χ1v) is 5.59. The standard InChI is InChI=1S/C12H12N2O5/c1-7(12(16)17)6-13-11(15)8-5-10(19-14-8)9-3-2-4-18-9/h2-5,7H,6H2,1H3,(H,13,15)(H,16,17). The first kappa shape index (κ1) is 12.9. The molecule has 0 radical (unpaired) electrons. The summed E-state index contributed by atoms with van der Waals surface area (Å²) in [6.45, 7) is 1.52. The van der Waals surface area contributed by atoms with Crippen LogP contribution in [-0.4, -0.2) is 28.7 Å². The molecule has 0 fully saturated rings. The summed E-state index contributed by atoms with van der Waals surface area (Å²) in [7, 11) is 0. The van der Waals surface area contributed by atoms with Crippen LogP contribution in [0.5, 0.6) is 0 Å². The van der Waals surface area contributed by atoms with Crippen molar-refractivity contribution >= 4 is 11.9 Å². The summed E-state index contributed by atoms with van der Waals surface area (Å²) in [5.41, 5.74) is 0.0731. The van der Waals surface area contributed by atoms with E-state index in [-0.39, 0.29) is 12.2 Å². The van der Waals surface area contributed by atoms with Crippen molar-refractivity contribution < 1.29 is 23.6 Å². The van der Waals surface area contributed by atoms with Gasteiger partial charge in [-0.3, -0.25) is 9.59 Å². The third-order valence-electron chi connectivity index (χ3n) is 2.50. The maximum Gasteiger partial charge on any atom is 0.308 e. The first-order chi connectivity index (χ1) is 9.08. The second-order valence-corrected chi connectivity index (χ2v) is 4.00. The van der Waals surface area contributed by atoms with Crippen molar-refractivity contribution in [1.82, 2.24) is 10.5 Å². The Balaban J connectivity index is 1.99. The number of aliphatic carboxylic acids is 1. The Morgan fingerprint density at radius 1 is 1.47 bits per heavy atom. The second-order valence-electron chi connectivity index (χ2n) is 4.00. The molecular formula is C12H12N2O5. The molecule has 19 heavy (non-hydrogen) atoms. The van der Waals surface area contributed by atoms with Gasteiger partial charge in [0.05, 0.1) is 12.2 Å². The van der Waals surface area contributed by atoms with Crippen molar-refractivity contribution in [3.8, 4) is 11.5 Å². The molecule has 7 nitrogen and oxygen atoms in total. The lowest BCUT2D eigenvalue weighted by Gasteiger charge is -2.06. The summed E-state index contributed by atoms with van der Waals surface area (Å²) >= 11 is 0. The quantitative estimate of drug-likeness (QED) is 0.845. The number of rotatable bonds is 5. The zero-order chi connectivity index (χ0) is 13.8. The van der Waals surface area contributed by atoms with Crippen molar-refractivity contribution in [3.05, 3.63) is 30.2 Å². The van der Waals surface area contributed by atoms with Gasteiger partial charge >= 0.3 is 5.97 Å². The van der Waals surface area contributed by atoms with Crippen LogP contribution in [0.1, 0.15) is 17.4 Å². The fraction of sp³-hybridized carbons (Fsp3) is 0.250. The van der Waals surface area contributed by atoms with Crippen LogP contribution >= 0.6 is 0 Å². The van der Waals surface area contributed by atoms with Gasteiger partial charge in [-0.1, -0.05) is 12.1 Å². The molecule has 0 aliphatic rings. The maximum atomic E-state index is 11.7. The van der Waals surface area contributed by atoms with Crippen LogP contribution in [-0.2, 0) is 4.79 Å². The van der Waals surface area contributed by atoms with E-state index in [1.807, 2.05) is 0 Å². The summed E-state index contributed by atoms with van der Waals surface area (Å²) in [4.78, 5) is 22.3. The highest BCUT2D eigenvalue weighted by molar-refractivity contribution is 5.93. The summed E-state index contributed by atoms with van der Waals surface area (Å²) in [5, 5.41) is 14.8. The molecule has 2 aromatic rings. The van der Waals surface area contributed by atoms with Gasteiger partial charge < -0.3 is 19.4 Å². The maximum absolute atomic E-state index is 11.7. The van der Waals surface area contributed by atoms with E-state index in [9.17, 15) is 9.59 Å². The van der Waals surface area contributed by atoms with Crippen molar-refractivity contribution in [2.45, 2.75) is 6.92 Å². The van der Waals surface area contributed by atoms with Crippen molar-refractivity contribution in [2.24, 2.45) is 5.92 Å². The molecule has 0 aliphatic carbocycles. The van der Waals surface area contributed by atoms with Gasteiger partial charge in [0.15, 0.2) is 11.5 Å². The molecule has 7 heteroatoms. The van der Waals surface area contributed by atoms with E-state index >= 15 is 0 Å². The normalized spacial score (nSPS) is 12.1. The molecule has 100 valence electrons. The predicted octanol–water partition coefficient (Wildman–Crippen LogP) is 1.39. The van der Waals surface area contributed by atoms with E-state index in [2.05, 4.69) is 10.5 Å². The highest BCUT2D eigenvalue weighted by atomic mass is 16.5. The number of carbonyl (C=O) groups excluding carboxylic acids is 1. The van der Waals surface area contributed by atoms with E-state index in [1.54, 1.807) is 12.1 Å². The number of amides is 1. The molecule has 2 aromatic heterocycles. The summed E-state index contributed by atoms with van der Waals surface area (Å²) in [6, 6.07) is 4.79. The number of hydrogen-bond acceptors (Lipinski definition) is 5. The Labute approximate surface area is 108 Å². The fourth-order valence-electron chi connectivity index (χ4n) is 1.34. The van der Waals surface area contributed by atoms with Gasteiger partial charge in [-0.05, 0) is 12.1 Å². The Bertz CT molecular complexity index is 573. The molecular weight excluding hydrogens is 252 g/mol. The number of carbonyl (C=O) groups is 2. The summed E-state index contributed by atoms with van der Waals surface area (Å²) < 4.78 is 10.1. The van der Waals surface area contributed by atoms with Gasteiger partial charge in [-0.15, -0.1) is 0 Å². The van der Waals surface area contributed by atoms with E-state index in [1.165, 1.54) is 19.3 Å². The number of furan rings is 1. The lowest BCUT2D eigenvalue weighted by Crippen LogP contribution is -2.31. The number of nitrogens with one attached hydrogen (secondary N) is 1. The Morgan fingerprint density at radius 2 is 2.26 bits per heavy atom. The summed E-state index contributed by atoms with van der Waals surface area (Å²) in [6.07, 6.45) is 1.48. The molecule has 1 atom stereocenters. The number of carboxylic acid groups (broad SMARTS) is 1. The molecule has 1 amide bonds. The minimum Gasteiger partial charge on any atom is -0.481 e. The number of nitrogens with zero attached hydrogens (tertiary/aromatic N) is 1. The highest BCUT2D eigenvalue weighted by Gasteiger charge is 2.17. The van der Waals surface area contributed by atoms with Gasteiger partial charge in [0.25, 0.3) is 5.91 Å². The third-order valence-corrected chi connectivity index (χ3v) is 2.50. The Hall–Kier alpha value is -2.57. The van der Waals surface area contributed by atoms with Crippen LogP contribution in [0.25, 0.3) is 11.5 Å². The Kier molecular flexibility index (Phi) is 3.65. The topological polar surface area (TPSA) is 106 Å². The van der Waals surface area contributed by atoms with Gasteiger partial charge in [0.2, 0.25) is 5.76 Å². The Morgan fingerprint density at radius 3 is 2.89 bits per heavy atom. The van der Waals surface area contributed by atoms with E-state index in [4.69, 9.17) is 14.0 Å². The largest absolute Gasteiger partial charge is 0.481 e. The van der Waals surface area contributed by atoms with Crippen LogP contribution in [0.15, 0.2) is 33.4 Å². The van der Waals surface area contributed by atoms with Crippen molar-refractivity contribution in [2.75, 3.05) is 6.54 Å². The van der Waals surface area contributed by atoms with Crippen LogP contribution in [0.3, 0.4) is 0 Å². The average Bonchev–Trinajstić information content (AvgIpc) is 3.04. The molecule has 0 saturated heterocycles. The molecule has 1 unspecified atom stereocenters. The third kappa shape index (κ3) is 3.01. The second kappa shape index (κ2) is 5.38. The molecule has 2 N–H and O–H groups in total. The summed E-state index contributed by atoms with van der Waals surface area (Å²) in [5.74, 6) is -1.33. The molecule has 2 heterocycles. The number of carboxylic acids is 1. The average molecular weight is 264 g/mol. The van der Waals surface area contributed by atoms with Crippen LogP contribution < -0.4 is 5.32 Å². The predicted molar refractivity (Wildman–Crippen MR) is 63.3 cm³/mol. The highest BCUT2D eigenvalue weighted by Crippen LogP contribution is 2.20. The van der Waals surface area contributed by atoms with Crippen LogP contribution in [0.2, 0.25) is 0 Å². The minimum atomic E-state index is -0.975. The van der Waals surface area contributed by atoms with Gasteiger partial charge in [-0.25, -0.2) is 0 Å². The minimum absolute atomic E-state index is 0.0249. The van der Waals surface area contributed by atoms with Gasteiger partial charge in [0, 0.05) is 12.6 Å². The molecule has 0 aromatic carbocycles. The van der Waals surface area contributed by atoms with Crippen molar-refractivity contribution in [3.63, 3.8) is 0 Å². The number of hydrogen-bond donors (Lipinski definition) is 2. The lowest BCUT2D eigenvalue weighted by atomic mass is 10.2. The molecule has 0 bridgehead atoms.